The normalized spacial score (nSPS) is 18.8. The van der Waals surface area contributed by atoms with Crippen LogP contribution in [0.4, 0.5) is 0 Å². The molecule has 1 atom stereocenters. The SMILES string of the molecule is Cc1ccc(CNC[C@@H]2CCc3nccn3C2)s1. The Labute approximate surface area is 112 Å². The van der Waals surface area contributed by atoms with Crippen LogP contribution in [0.5, 0.6) is 0 Å². The van der Waals surface area contributed by atoms with Gasteiger partial charge in [0.05, 0.1) is 0 Å². The Morgan fingerprint density at radius 3 is 3.28 bits per heavy atom. The second-order valence-electron chi connectivity index (χ2n) is 5.04. The van der Waals surface area contributed by atoms with Gasteiger partial charge in [0, 0.05) is 48.2 Å². The van der Waals surface area contributed by atoms with E-state index in [4.69, 9.17) is 0 Å². The lowest BCUT2D eigenvalue weighted by atomic mass is 9.99. The number of aromatic nitrogens is 2. The summed E-state index contributed by atoms with van der Waals surface area (Å²) in [5.74, 6) is 1.99. The molecule has 0 aromatic carbocycles. The largest absolute Gasteiger partial charge is 0.335 e. The highest BCUT2D eigenvalue weighted by atomic mass is 32.1. The van der Waals surface area contributed by atoms with Crippen molar-refractivity contribution in [2.24, 2.45) is 5.92 Å². The van der Waals surface area contributed by atoms with Gasteiger partial charge in [-0.15, -0.1) is 11.3 Å². The molecule has 4 heteroatoms. The van der Waals surface area contributed by atoms with E-state index in [9.17, 15) is 0 Å². The summed E-state index contributed by atoms with van der Waals surface area (Å²) in [5.41, 5.74) is 0. The molecule has 3 heterocycles. The van der Waals surface area contributed by atoms with Gasteiger partial charge in [-0.3, -0.25) is 0 Å². The third-order valence-corrected chi connectivity index (χ3v) is 4.56. The highest BCUT2D eigenvalue weighted by Gasteiger charge is 2.18. The first-order chi connectivity index (χ1) is 8.81. The van der Waals surface area contributed by atoms with Crippen LogP contribution in [0, 0.1) is 12.8 Å². The average molecular weight is 261 g/mol. The number of hydrogen-bond donors (Lipinski definition) is 1. The molecule has 0 bridgehead atoms. The van der Waals surface area contributed by atoms with Gasteiger partial charge < -0.3 is 9.88 Å². The van der Waals surface area contributed by atoms with Gasteiger partial charge in [-0.1, -0.05) is 0 Å². The van der Waals surface area contributed by atoms with Crippen LogP contribution in [0.15, 0.2) is 24.5 Å². The van der Waals surface area contributed by atoms with Gasteiger partial charge in [-0.2, -0.15) is 0 Å². The van der Waals surface area contributed by atoms with Crippen LogP contribution in [0.2, 0.25) is 0 Å². The van der Waals surface area contributed by atoms with Crippen LogP contribution in [0.3, 0.4) is 0 Å². The Bertz CT molecular complexity index is 515. The minimum atomic E-state index is 0.743. The molecule has 0 saturated carbocycles. The van der Waals surface area contributed by atoms with E-state index < -0.39 is 0 Å². The van der Waals surface area contributed by atoms with Crippen molar-refractivity contribution in [2.45, 2.75) is 32.9 Å². The highest BCUT2D eigenvalue weighted by molar-refractivity contribution is 7.11. The molecule has 0 radical (unpaired) electrons. The Morgan fingerprint density at radius 1 is 1.50 bits per heavy atom. The van der Waals surface area contributed by atoms with Gasteiger partial charge in [0.1, 0.15) is 5.82 Å². The third-order valence-electron chi connectivity index (χ3n) is 3.56. The van der Waals surface area contributed by atoms with Crippen molar-refractivity contribution >= 4 is 11.3 Å². The van der Waals surface area contributed by atoms with Crippen molar-refractivity contribution < 1.29 is 0 Å². The Morgan fingerprint density at radius 2 is 2.44 bits per heavy atom. The number of hydrogen-bond acceptors (Lipinski definition) is 3. The number of nitrogens with one attached hydrogen (secondary N) is 1. The number of nitrogens with zero attached hydrogens (tertiary/aromatic N) is 2. The molecule has 2 aromatic rings. The van der Waals surface area contributed by atoms with Crippen LogP contribution in [-0.4, -0.2) is 16.1 Å². The number of aryl methyl sites for hydroxylation is 2. The van der Waals surface area contributed by atoms with Crippen molar-refractivity contribution in [1.29, 1.82) is 0 Å². The summed E-state index contributed by atoms with van der Waals surface area (Å²) in [5, 5.41) is 3.58. The maximum Gasteiger partial charge on any atom is 0.108 e. The van der Waals surface area contributed by atoms with Gasteiger partial charge in [-0.25, -0.2) is 4.98 Å². The molecule has 1 N–H and O–H groups in total. The summed E-state index contributed by atoms with van der Waals surface area (Å²) >= 11 is 1.89. The van der Waals surface area contributed by atoms with E-state index in [1.807, 2.05) is 17.5 Å². The Kier molecular flexibility index (Phi) is 3.48. The lowest BCUT2D eigenvalue weighted by molar-refractivity contribution is 0.348. The molecule has 0 fully saturated rings. The van der Waals surface area contributed by atoms with Gasteiger partial charge >= 0.3 is 0 Å². The predicted molar refractivity (Wildman–Crippen MR) is 74.8 cm³/mol. The average Bonchev–Trinajstić information content (AvgIpc) is 2.97. The molecule has 1 aliphatic heterocycles. The molecule has 3 nitrogen and oxygen atoms in total. The Balaban J connectivity index is 1.47. The molecule has 96 valence electrons. The molecule has 0 amide bonds. The quantitative estimate of drug-likeness (QED) is 0.917. The zero-order valence-corrected chi connectivity index (χ0v) is 11.5. The third kappa shape index (κ3) is 2.65. The topological polar surface area (TPSA) is 29.9 Å². The van der Waals surface area contributed by atoms with Crippen molar-refractivity contribution in [3.05, 3.63) is 40.1 Å². The lowest BCUT2D eigenvalue weighted by Crippen LogP contribution is -2.29. The second kappa shape index (κ2) is 5.24. The van der Waals surface area contributed by atoms with Crippen LogP contribution >= 0.6 is 11.3 Å². The lowest BCUT2D eigenvalue weighted by Gasteiger charge is -2.23. The smallest absolute Gasteiger partial charge is 0.108 e. The van der Waals surface area contributed by atoms with Crippen LogP contribution in [0.1, 0.15) is 22.0 Å². The van der Waals surface area contributed by atoms with E-state index in [0.29, 0.717) is 0 Å². The molecule has 3 rings (SSSR count). The molecule has 0 unspecified atom stereocenters. The standard InChI is InChI=1S/C14H19N3S/c1-11-2-4-13(18-11)9-15-8-12-3-5-14-16-6-7-17(14)10-12/h2,4,6-7,12,15H,3,5,8-10H2,1H3/t12-/m0/s1. The fraction of sp³-hybridized carbons (Fsp3) is 0.500. The summed E-state index contributed by atoms with van der Waals surface area (Å²) < 4.78 is 2.30. The monoisotopic (exact) mass is 261 g/mol. The first-order valence-electron chi connectivity index (χ1n) is 6.57. The molecule has 1 aliphatic rings. The molecule has 18 heavy (non-hydrogen) atoms. The minimum Gasteiger partial charge on any atom is -0.335 e. The van der Waals surface area contributed by atoms with E-state index in [0.717, 1.165) is 32.0 Å². The van der Waals surface area contributed by atoms with Crippen LogP contribution in [-0.2, 0) is 19.5 Å². The van der Waals surface area contributed by atoms with Crippen molar-refractivity contribution in [3.8, 4) is 0 Å². The fourth-order valence-electron chi connectivity index (χ4n) is 2.58. The van der Waals surface area contributed by atoms with E-state index >= 15 is 0 Å². The van der Waals surface area contributed by atoms with Crippen molar-refractivity contribution in [1.82, 2.24) is 14.9 Å². The zero-order chi connectivity index (χ0) is 12.4. The first-order valence-corrected chi connectivity index (χ1v) is 7.39. The summed E-state index contributed by atoms with van der Waals surface area (Å²) in [4.78, 5) is 7.20. The van der Waals surface area contributed by atoms with E-state index in [2.05, 4.69) is 40.1 Å². The molecular formula is C14H19N3S. The summed E-state index contributed by atoms with van der Waals surface area (Å²) in [7, 11) is 0. The van der Waals surface area contributed by atoms with Gasteiger partial charge in [0.15, 0.2) is 0 Å². The number of fused-ring (bicyclic) bond motifs is 1. The maximum absolute atomic E-state index is 4.37. The van der Waals surface area contributed by atoms with Gasteiger partial charge in [-0.05, 0) is 31.4 Å². The molecule has 2 aromatic heterocycles. The minimum absolute atomic E-state index is 0.743. The van der Waals surface area contributed by atoms with E-state index in [-0.39, 0.29) is 0 Å². The number of thiophene rings is 1. The number of imidazole rings is 1. The van der Waals surface area contributed by atoms with Gasteiger partial charge in [0.25, 0.3) is 0 Å². The van der Waals surface area contributed by atoms with Gasteiger partial charge in [0.2, 0.25) is 0 Å². The summed E-state index contributed by atoms with van der Waals surface area (Å²) in [6.07, 6.45) is 6.40. The summed E-state index contributed by atoms with van der Waals surface area (Å²) in [6.45, 7) is 5.39. The molecule has 0 spiro atoms. The summed E-state index contributed by atoms with van der Waals surface area (Å²) in [6, 6.07) is 4.42. The predicted octanol–water partition coefficient (Wildman–Crippen LogP) is 2.61. The maximum atomic E-state index is 4.37. The first kappa shape index (κ1) is 11.9. The number of rotatable bonds is 4. The molecule has 0 aliphatic carbocycles. The van der Waals surface area contributed by atoms with E-state index in [1.54, 1.807) is 0 Å². The zero-order valence-electron chi connectivity index (χ0n) is 10.7. The highest BCUT2D eigenvalue weighted by Crippen LogP contribution is 2.19. The molecular weight excluding hydrogens is 242 g/mol. The van der Waals surface area contributed by atoms with Crippen LogP contribution in [0.25, 0.3) is 0 Å². The Hall–Kier alpha value is -1.13. The fourth-order valence-corrected chi connectivity index (χ4v) is 3.44. The van der Waals surface area contributed by atoms with Crippen molar-refractivity contribution in [3.63, 3.8) is 0 Å². The molecule has 0 saturated heterocycles. The second-order valence-corrected chi connectivity index (χ2v) is 6.42. The van der Waals surface area contributed by atoms with E-state index in [1.165, 1.54) is 22.0 Å². The van der Waals surface area contributed by atoms with Crippen LogP contribution < -0.4 is 5.32 Å². The van der Waals surface area contributed by atoms with Crippen molar-refractivity contribution in [2.75, 3.05) is 6.54 Å².